The minimum Gasteiger partial charge on any atom is -0.465 e. The molecule has 132 valence electrons. The number of rotatable bonds is 4. The Balaban J connectivity index is 2.10. The minimum absolute atomic E-state index is 0.0794. The van der Waals surface area contributed by atoms with Gasteiger partial charge in [-0.05, 0) is 43.9 Å². The summed E-state index contributed by atoms with van der Waals surface area (Å²) in [6.45, 7) is 4.16. The first-order valence-electron chi connectivity index (χ1n) is 8.76. The third-order valence-electron chi connectivity index (χ3n) is 4.74. The van der Waals surface area contributed by atoms with E-state index in [2.05, 4.69) is 4.99 Å². The van der Waals surface area contributed by atoms with Crippen molar-refractivity contribution in [1.82, 2.24) is 0 Å². The number of carbonyl (C=O) groups excluding carboxylic acids is 2. The van der Waals surface area contributed by atoms with E-state index in [1.165, 1.54) is 0 Å². The highest BCUT2D eigenvalue weighted by Crippen LogP contribution is 2.43. The van der Waals surface area contributed by atoms with E-state index in [9.17, 15) is 9.59 Å². The topological polar surface area (TPSA) is 55.7 Å². The van der Waals surface area contributed by atoms with Crippen LogP contribution in [0.25, 0.3) is 0 Å². The van der Waals surface area contributed by atoms with E-state index in [0.29, 0.717) is 29.3 Å². The molecule has 1 unspecified atom stereocenters. The van der Waals surface area contributed by atoms with Crippen molar-refractivity contribution in [2.45, 2.75) is 45.4 Å². The van der Waals surface area contributed by atoms with Crippen molar-refractivity contribution in [1.29, 1.82) is 0 Å². The number of carbonyl (C=O) groups is 2. The van der Waals surface area contributed by atoms with E-state index in [-0.39, 0.29) is 17.7 Å². The largest absolute Gasteiger partial charge is 0.465 e. The van der Waals surface area contributed by atoms with Crippen molar-refractivity contribution in [3.8, 4) is 0 Å². The standard InChI is InChI=1S/C20H22ClNO3/c1-3-10-25-20(24)17-12(2)22-15-8-5-9-16(23)19(15)18(17)13-6-4-7-14(21)11-13/h4,6-7,11,17-18H,3,5,8-10H2,1-2H3/t17?,18-/m0/s1. The summed E-state index contributed by atoms with van der Waals surface area (Å²) in [5, 5.41) is 0.587. The first kappa shape index (κ1) is 17.9. The fourth-order valence-corrected chi connectivity index (χ4v) is 3.86. The molecule has 0 radical (unpaired) electrons. The molecule has 0 aromatic heterocycles. The second-order valence-corrected chi connectivity index (χ2v) is 7.00. The Kier molecular flexibility index (Phi) is 5.38. The van der Waals surface area contributed by atoms with Crippen LogP contribution in [-0.4, -0.2) is 24.1 Å². The van der Waals surface area contributed by atoms with E-state index in [1.54, 1.807) is 6.07 Å². The van der Waals surface area contributed by atoms with Gasteiger partial charge in [0, 0.05) is 34.3 Å². The van der Waals surface area contributed by atoms with Gasteiger partial charge in [-0.3, -0.25) is 14.6 Å². The molecule has 0 N–H and O–H groups in total. The highest BCUT2D eigenvalue weighted by atomic mass is 35.5. The number of ether oxygens (including phenoxy) is 1. The Labute approximate surface area is 152 Å². The second-order valence-electron chi connectivity index (χ2n) is 6.57. The molecule has 1 aliphatic carbocycles. The van der Waals surface area contributed by atoms with Crippen LogP contribution in [0.3, 0.4) is 0 Å². The molecule has 2 aliphatic rings. The smallest absolute Gasteiger partial charge is 0.315 e. The van der Waals surface area contributed by atoms with Gasteiger partial charge in [0.1, 0.15) is 5.92 Å². The number of Topliss-reactive ketones (excluding diaryl/α,β-unsaturated/α-hetero) is 1. The minimum atomic E-state index is -0.578. The number of aliphatic imine (C=N–C) groups is 1. The number of ketones is 1. The van der Waals surface area contributed by atoms with E-state index >= 15 is 0 Å². The summed E-state index contributed by atoms with van der Waals surface area (Å²) in [4.78, 5) is 30.0. The number of hydrogen-bond acceptors (Lipinski definition) is 4. The van der Waals surface area contributed by atoms with Gasteiger partial charge < -0.3 is 4.74 Å². The zero-order chi connectivity index (χ0) is 18.0. The maximum Gasteiger partial charge on any atom is 0.315 e. The summed E-state index contributed by atoms with van der Waals surface area (Å²) in [5.74, 6) is -1.19. The molecule has 0 saturated carbocycles. The van der Waals surface area contributed by atoms with Crippen LogP contribution >= 0.6 is 11.6 Å². The highest BCUT2D eigenvalue weighted by molar-refractivity contribution is 6.30. The van der Waals surface area contributed by atoms with Gasteiger partial charge in [-0.1, -0.05) is 30.7 Å². The Morgan fingerprint density at radius 3 is 2.88 bits per heavy atom. The number of halogens is 1. The Hall–Kier alpha value is -1.94. The average molecular weight is 360 g/mol. The van der Waals surface area contributed by atoms with Gasteiger partial charge in [0.15, 0.2) is 5.78 Å². The van der Waals surface area contributed by atoms with E-state index in [0.717, 1.165) is 30.5 Å². The lowest BCUT2D eigenvalue weighted by Gasteiger charge is -2.34. The van der Waals surface area contributed by atoms with Crippen molar-refractivity contribution < 1.29 is 14.3 Å². The Morgan fingerprint density at radius 2 is 2.16 bits per heavy atom. The van der Waals surface area contributed by atoms with E-state index < -0.39 is 5.92 Å². The van der Waals surface area contributed by atoms with Gasteiger partial charge >= 0.3 is 5.97 Å². The van der Waals surface area contributed by atoms with Crippen molar-refractivity contribution in [2.75, 3.05) is 6.61 Å². The zero-order valence-corrected chi connectivity index (χ0v) is 15.3. The molecule has 3 rings (SSSR count). The monoisotopic (exact) mass is 359 g/mol. The Bertz CT molecular complexity index is 766. The third-order valence-corrected chi connectivity index (χ3v) is 4.98. The third kappa shape index (κ3) is 3.54. The van der Waals surface area contributed by atoms with Crippen molar-refractivity contribution >= 4 is 29.1 Å². The van der Waals surface area contributed by atoms with Gasteiger partial charge in [0.25, 0.3) is 0 Å². The molecule has 5 heteroatoms. The first-order chi connectivity index (χ1) is 12.0. The molecule has 0 bridgehead atoms. The van der Waals surface area contributed by atoms with Gasteiger partial charge in [-0.2, -0.15) is 0 Å². The molecule has 1 aromatic carbocycles. The van der Waals surface area contributed by atoms with Gasteiger partial charge in [-0.25, -0.2) is 0 Å². The van der Waals surface area contributed by atoms with Crippen LogP contribution in [0.5, 0.6) is 0 Å². The molecular formula is C20H22ClNO3. The van der Waals surface area contributed by atoms with Crippen molar-refractivity contribution in [3.63, 3.8) is 0 Å². The van der Waals surface area contributed by atoms with Crippen LogP contribution in [0.15, 0.2) is 40.5 Å². The summed E-state index contributed by atoms with van der Waals surface area (Å²) in [5.41, 5.74) is 3.05. The van der Waals surface area contributed by atoms with E-state index in [4.69, 9.17) is 16.3 Å². The fourth-order valence-electron chi connectivity index (χ4n) is 3.66. The normalized spacial score (nSPS) is 23.2. The molecule has 25 heavy (non-hydrogen) atoms. The molecule has 0 amide bonds. The summed E-state index contributed by atoms with van der Waals surface area (Å²) < 4.78 is 5.41. The predicted molar refractivity (Wildman–Crippen MR) is 97.9 cm³/mol. The van der Waals surface area contributed by atoms with Crippen LogP contribution in [0, 0.1) is 5.92 Å². The van der Waals surface area contributed by atoms with Gasteiger partial charge in [0.05, 0.1) is 6.61 Å². The number of nitrogens with zero attached hydrogens (tertiary/aromatic N) is 1. The molecule has 0 fully saturated rings. The average Bonchev–Trinajstić information content (AvgIpc) is 2.58. The lowest BCUT2D eigenvalue weighted by Crippen LogP contribution is -2.37. The quantitative estimate of drug-likeness (QED) is 0.745. The molecular weight excluding hydrogens is 338 g/mol. The number of esters is 1. The van der Waals surface area contributed by atoms with E-state index in [1.807, 2.05) is 32.0 Å². The zero-order valence-electron chi connectivity index (χ0n) is 14.5. The maximum absolute atomic E-state index is 12.7. The van der Waals surface area contributed by atoms with Gasteiger partial charge in [-0.15, -0.1) is 0 Å². The van der Waals surface area contributed by atoms with Crippen LogP contribution in [-0.2, 0) is 14.3 Å². The van der Waals surface area contributed by atoms with Crippen LogP contribution in [0.4, 0.5) is 0 Å². The molecule has 1 heterocycles. The fraction of sp³-hybridized carbons (Fsp3) is 0.450. The van der Waals surface area contributed by atoms with Crippen molar-refractivity contribution in [2.24, 2.45) is 10.9 Å². The number of benzene rings is 1. The lowest BCUT2D eigenvalue weighted by molar-refractivity contribution is -0.146. The van der Waals surface area contributed by atoms with Crippen molar-refractivity contribution in [3.05, 3.63) is 46.1 Å². The van der Waals surface area contributed by atoms with Crippen LogP contribution in [0.2, 0.25) is 5.02 Å². The molecule has 0 spiro atoms. The summed E-state index contributed by atoms with van der Waals surface area (Å²) in [7, 11) is 0. The SMILES string of the molecule is CCCOC(=O)C1C(C)=NC2=C(C(=O)CCC2)[C@H]1c1cccc(Cl)c1. The van der Waals surface area contributed by atoms with Crippen LogP contribution in [0.1, 0.15) is 51.0 Å². The maximum atomic E-state index is 12.7. The number of hydrogen-bond donors (Lipinski definition) is 0. The summed E-state index contributed by atoms with van der Waals surface area (Å²) in [6, 6.07) is 7.39. The molecule has 1 aromatic rings. The summed E-state index contributed by atoms with van der Waals surface area (Å²) >= 11 is 6.18. The molecule has 2 atom stereocenters. The predicted octanol–water partition coefficient (Wildman–Crippen LogP) is 4.47. The second kappa shape index (κ2) is 7.52. The first-order valence-corrected chi connectivity index (χ1v) is 9.14. The highest BCUT2D eigenvalue weighted by Gasteiger charge is 2.43. The van der Waals surface area contributed by atoms with Crippen LogP contribution < -0.4 is 0 Å². The lowest BCUT2D eigenvalue weighted by atomic mass is 9.72. The molecule has 4 nitrogen and oxygen atoms in total. The summed E-state index contributed by atoms with van der Waals surface area (Å²) in [6.07, 6.45) is 2.83. The number of allylic oxidation sites excluding steroid dienone is 2. The Morgan fingerprint density at radius 1 is 1.36 bits per heavy atom. The molecule has 1 aliphatic heterocycles. The molecule has 0 saturated heterocycles. The van der Waals surface area contributed by atoms with Gasteiger partial charge in [0.2, 0.25) is 0 Å².